The van der Waals surface area contributed by atoms with Crippen LogP contribution in [-0.4, -0.2) is 46.3 Å². The summed E-state index contributed by atoms with van der Waals surface area (Å²) in [6.45, 7) is 3.69. The maximum Gasteiger partial charge on any atom is 0.358 e. The second-order valence-electron chi connectivity index (χ2n) is 8.51. The van der Waals surface area contributed by atoms with Crippen molar-refractivity contribution in [3.8, 4) is 16.9 Å². The molecule has 4 aromatic rings. The Morgan fingerprint density at radius 2 is 1.62 bits per heavy atom. The van der Waals surface area contributed by atoms with Gasteiger partial charge in [-0.15, -0.1) is 0 Å². The fraction of sp³-hybridized carbons (Fsp3) is 0.250. The van der Waals surface area contributed by atoms with Crippen molar-refractivity contribution in [2.24, 2.45) is 0 Å². The summed E-state index contributed by atoms with van der Waals surface area (Å²) in [7, 11) is 0. The molecule has 1 aliphatic rings. The number of rotatable bonds is 5. The molecule has 6 nitrogen and oxygen atoms in total. The van der Waals surface area contributed by atoms with E-state index in [4.69, 9.17) is 4.74 Å². The van der Waals surface area contributed by atoms with Crippen molar-refractivity contribution in [2.45, 2.75) is 26.2 Å². The van der Waals surface area contributed by atoms with Gasteiger partial charge < -0.3 is 9.64 Å². The number of aromatic nitrogens is 2. The van der Waals surface area contributed by atoms with Gasteiger partial charge in [0.25, 0.3) is 5.91 Å². The number of fused-ring (bicyclic) bond motifs is 1. The zero-order chi connectivity index (χ0) is 23.5. The van der Waals surface area contributed by atoms with Crippen LogP contribution in [0.15, 0.2) is 72.8 Å². The Morgan fingerprint density at radius 1 is 0.882 bits per heavy atom. The van der Waals surface area contributed by atoms with Crippen LogP contribution in [0.25, 0.3) is 27.7 Å². The number of benzene rings is 3. The summed E-state index contributed by atoms with van der Waals surface area (Å²) in [5.41, 5.74) is 3.40. The van der Waals surface area contributed by atoms with E-state index in [-0.39, 0.29) is 18.2 Å². The number of nitrogens with zero attached hydrogens (tertiary/aromatic N) is 3. The molecule has 6 heteroatoms. The lowest BCUT2D eigenvalue weighted by atomic mass is 10.0. The van der Waals surface area contributed by atoms with E-state index < -0.39 is 5.97 Å². The van der Waals surface area contributed by atoms with Crippen molar-refractivity contribution >= 4 is 22.6 Å². The van der Waals surface area contributed by atoms with Crippen molar-refractivity contribution in [3.05, 3.63) is 84.1 Å². The summed E-state index contributed by atoms with van der Waals surface area (Å²) in [6.07, 6.45) is 3.30. The molecule has 0 aliphatic carbocycles. The van der Waals surface area contributed by atoms with Crippen LogP contribution in [0.5, 0.6) is 0 Å². The molecule has 34 heavy (non-hydrogen) atoms. The molecule has 1 saturated heterocycles. The van der Waals surface area contributed by atoms with E-state index in [0.29, 0.717) is 5.56 Å². The molecular formula is C28H27N3O3. The number of piperidine rings is 1. The SMILES string of the molecule is CCOC(=O)c1cc(-c2ccc3ccccc3c2)n(-c2ccc(C(=O)N3CCCCC3)cc2)n1. The van der Waals surface area contributed by atoms with Crippen LogP contribution in [0.1, 0.15) is 47.0 Å². The van der Waals surface area contributed by atoms with Gasteiger partial charge in [-0.25, -0.2) is 9.48 Å². The molecule has 1 aliphatic heterocycles. The smallest absolute Gasteiger partial charge is 0.358 e. The standard InChI is InChI=1S/C28H27N3O3/c1-2-34-28(33)25-19-26(23-11-10-20-8-4-5-9-22(20)18-23)31(29-25)24-14-12-21(13-15-24)27(32)30-16-6-3-7-17-30/h4-5,8-15,18-19H,2-3,6-7,16-17H2,1H3. The number of hydrogen-bond donors (Lipinski definition) is 0. The van der Waals surface area contributed by atoms with Crippen LogP contribution in [0.4, 0.5) is 0 Å². The highest BCUT2D eigenvalue weighted by Gasteiger charge is 2.20. The zero-order valence-corrected chi connectivity index (χ0v) is 19.2. The first-order chi connectivity index (χ1) is 16.6. The molecule has 0 unspecified atom stereocenters. The number of ether oxygens (including phenoxy) is 1. The van der Waals surface area contributed by atoms with Gasteiger partial charge in [-0.1, -0.05) is 36.4 Å². The van der Waals surface area contributed by atoms with Crippen molar-refractivity contribution in [2.75, 3.05) is 19.7 Å². The van der Waals surface area contributed by atoms with E-state index in [2.05, 4.69) is 29.4 Å². The Balaban J connectivity index is 1.53. The Labute approximate surface area is 198 Å². The minimum atomic E-state index is -0.458. The van der Waals surface area contributed by atoms with Gasteiger partial charge in [0.1, 0.15) is 0 Å². The van der Waals surface area contributed by atoms with Crippen LogP contribution in [-0.2, 0) is 4.74 Å². The fourth-order valence-corrected chi connectivity index (χ4v) is 4.46. The van der Waals surface area contributed by atoms with Crippen LogP contribution in [0, 0.1) is 0 Å². The third kappa shape index (κ3) is 4.31. The molecular weight excluding hydrogens is 426 g/mol. The predicted octanol–water partition coefficient (Wildman–Crippen LogP) is 5.50. The summed E-state index contributed by atoms with van der Waals surface area (Å²) in [5, 5.41) is 6.81. The Kier molecular flexibility index (Phi) is 6.12. The normalized spacial score (nSPS) is 13.7. The summed E-state index contributed by atoms with van der Waals surface area (Å²) < 4.78 is 6.93. The molecule has 0 atom stereocenters. The quantitative estimate of drug-likeness (QED) is 0.375. The van der Waals surface area contributed by atoms with Gasteiger partial charge in [-0.05, 0) is 73.4 Å². The molecule has 3 aromatic carbocycles. The summed E-state index contributed by atoms with van der Waals surface area (Å²) in [4.78, 5) is 27.2. The maximum absolute atomic E-state index is 12.9. The van der Waals surface area contributed by atoms with Crippen LogP contribution in [0.3, 0.4) is 0 Å². The van der Waals surface area contributed by atoms with Crippen molar-refractivity contribution in [3.63, 3.8) is 0 Å². The largest absolute Gasteiger partial charge is 0.461 e. The lowest BCUT2D eigenvalue weighted by Gasteiger charge is -2.26. The van der Waals surface area contributed by atoms with Crippen LogP contribution < -0.4 is 0 Å². The number of carbonyl (C=O) groups excluding carboxylic acids is 2. The molecule has 0 N–H and O–H groups in total. The number of amides is 1. The first-order valence-corrected chi connectivity index (χ1v) is 11.8. The molecule has 1 aromatic heterocycles. The third-order valence-electron chi connectivity index (χ3n) is 6.24. The zero-order valence-electron chi connectivity index (χ0n) is 19.2. The van der Waals surface area contributed by atoms with E-state index in [9.17, 15) is 9.59 Å². The van der Waals surface area contributed by atoms with Crippen molar-refractivity contribution < 1.29 is 14.3 Å². The van der Waals surface area contributed by atoms with Crippen molar-refractivity contribution in [1.82, 2.24) is 14.7 Å². The molecule has 1 fully saturated rings. The predicted molar refractivity (Wildman–Crippen MR) is 132 cm³/mol. The molecule has 5 rings (SSSR count). The molecule has 1 amide bonds. The van der Waals surface area contributed by atoms with Crippen LogP contribution >= 0.6 is 0 Å². The van der Waals surface area contributed by atoms with E-state index in [1.165, 1.54) is 6.42 Å². The number of esters is 1. The van der Waals surface area contributed by atoms with Gasteiger partial charge in [0.2, 0.25) is 0 Å². The second kappa shape index (κ2) is 9.51. The van der Waals surface area contributed by atoms with Gasteiger partial charge in [-0.2, -0.15) is 5.10 Å². The lowest BCUT2D eigenvalue weighted by molar-refractivity contribution is 0.0518. The highest BCUT2D eigenvalue weighted by Crippen LogP contribution is 2.28. The van der Waals surface area contributed by atoms with Gasteiger partial charge in [0.05, 0.1) is 18.0 Å². The minimum Gasteiger partial charge on any atom is -0.461 e. The van der Waals surface area contributed by atoms with E-state index in [0.717, 1.165) is 53.6 Å². The van der Waals surface area contributed by atoms with E-state index >= 15 is 0 Å². The Bertz CT molecular complexity index is 1330. The first kappa shape index (κ1) is 21.9. The highest BCUT2D eigenvalue weighted by molar-refractivity contribution is 5.94. The molecule has 0 radical (unpaired) electrons. The van der Waals surface area contributed by atoms with Crippen molar-refractivity contribution in [1.29, 1.82) is 0 Å². The van der Waals surface area contributed by atoms with E-state index in [1.54, 1.807) is 17.7 Å². The van der Waals surface area contributed by atoms with Gasteiger partial charge in [0, 0.05) is 24.2 Å². The monoisotopic (exact) mass is 453 g/mol. The summed E-state index contributed by atoms with van der Waals surface area (Å²) >= 11 is 0. The second-order valence-corrected chi connectivity index (χ2v) is 8.51. The number of hydrogen-bond acceptors (Lipinski definition) is 4. The summed E-state index contributed by atoms with van der Waals surface area (Å²) in [6, 6.07) is 23.5. The molecule has 172 valence electrons. The molecule has 0 spiro atoms. The lowest BCUT2D eigenvalue weighted by Crippen LogP contribution is -2.35. The average molecular weight is 454 g/mol. The molecule has 2 heterocycles. The van der Waals surface area contributed by atoms with Gasteiger partial charge >= 0.3 is 5.97 Å². The molecule has 0 bridgehead atoms. The first-order valence-electron chi connectivity index (χ1n) is 11.8. The maximum atomic E-state index is 12.9. The van der Waals surface area contributed by atoms with E-state index in [1.807, 2.05) is 47.4 Å². The topological polar surface area (TPSA) is 64.4 Å². The minimum absolute atomic E-state index is 0.0636. The average Bonchev–Trinajstić information content (AvgIpc) is 3.34. The Morgan fingerprint density at radius 3 is 2.35 bits per heavy atom. The van der Waals surface area contributed by atoms with Crippen LogP contribution in [0.2, 0.25) is 0 Å². The fourth-order valence-electron chi connectivity index (χ4n) is 4.46. The molecule has 0 saturated carbocycles. The highest BCUT2D eigenvalue weighted by atomic mass is 16.5. The number of likely N-dealkylation sites (tertiary alicyclic amines) is 1. The third-order valence-corrected chi connectivity index (χ3v) is 6.24. The van der Waals surface area contributed by atoms with Gasteiger partial charge in [0.15, 0.2) is 5.69 Å². The number of carbonyl (C=O) groups is 2. The van der Waals surface area contributed by atoms with Gasteiger partial charge in [-0.3, -0.25) is 4.79 Å². The summed E-state index contributed by atoms with van der Waals surface area (Å²) in [5.74, 6) is -0.395. The Hall–Kier alpha value is -3.93.